The summed E-state index contributed by atoms with van der Waals surface area (Å²) in [6.45, 7) is 6.70. The highest BCUT2D eigenvalue weighted by atomic mass is 32.2. The third-order valence-corrected chi connectivity index (χ3v) is 6.31. The van der Waals surface area contributed by atoms with Gasteiger partial charge in [0.15, 0.2) is 0 Å². The number of benzene rings is 2. The molecular weight excluding hydrogens is 412 g/mol. The molecule has 0 aliphatic heterocycles. The van der Waals surface area contributed by atoms with Gasteiger partial charge in [0.1, 0.15) is 5.01 Å². The van der Waals surface area contributed by atoms with Crippen LogP contribution in [0.4, 0.5) is 5.13 Å². The Balaban J connectivity index is 1.87. The number of anilines is 1. The molecule has 0 unspecified atom stereocenters. The van der Waals surface area contributed by atoms with Crippen LogP contribution in [0.2, 0.25) is 0 Å². The molecule has 5 nitrogen and oxygen atoms in total. The lowest BCUT2D eigenvalue weighted by Crippen LogP contribution is -2.33. The van der Waals surface area contributed by atoms with Gasteiger partial charge >= 0.3 is 0 Å². The second-order valence-electron chi connectivity index (χ2n) is 7.33. The Bertz CT molecular complexity index is 1000. The highest BCUT2D eigenvalue weighted by molar-refractivity contribution is 7.98. The number of amides is 1. The summed E-state index contributed by atoms with van der Waals surface area (Å²) >= 11 is 3.33. The molecule has 0 bridgehead atoms. The standard InChI is InChI=1S/C23H28N4OS2/c1-15-7-5-6-8-19(15)21-13-18(14-24-23-27-26-17(3)30-23)9-10-20(21)22(28)25-16(2)11-12-29-4/h5-10,13,16H,11-12,14H2,1-4H3,(H,24,27)(H,25,28)/t16-/m1/s1. The van der Waals surface area contributed by atoms with E-state index in [-0.39, 0.29) is 11.9 Å². The van der Waals surface area contributed by atoms with Gasteiger partial charge in [-0.05, 0) is 73.6 Å². The molecule has 2 N–H and O–H groups in total. The maximum absolute atomic E-state index is 13.1. The van der Waals surface area contributed by atoms with Gasteiger partial charge < -0.3 is 10.6 Å². The van der Waals surface area contributed by atoms with Gasteiger partial charge in [-0.1, -0.05) is 41.7 Å². The maximum atomic E-state index is 13.1. The van der Waals surface area contributed by atoms with Crippen LogP contribution in [-0.2, 0) is 6.54 Å². The molecule has 0 aliphatic rings. The van der Waals surface area contributed by atoms with Gasteiger partial charge in [0.2, 0.25) is 5.13 Å². The van der Waals surface area contributed by atoms with Crippen molar-refractivity contribution in [2.45, 2.75) is 39.8 Å². The topological polar surface area (TPSA) is 66.9 Å². The molecule has 158 valence electrons. The summed E-state index contributed by atoms with van der Waals surface area (Å²) < 4.78 is 0. The van der Waals surface area contributed by atoms with Crippen molar-refractivity contribution in [2.24, 2.45) is 0 Å². The lowest BCUT2D eigenvalue weighted by molar-refractivity contribution is 0.0940. The SMILES string of the molecule is CSCC[C@@H](C)NC(=O)c1ccc(CNc2nnc(C)s2)cc1-c1ccccc1C. The lowest BCUT2D eigenvalue weighted by Gasteiger charge is -2.17. The van der Waals surface area contributed by atoms with Crippen molar-refractivity contribution in [3.05, 3.63) is 64.2 Å². The number of hydrogen-bond acceptors (Lipinski definition) is 6. The minimum absolute atomic E-state index is 0.0267. The molecular formula is C23H28N4OS2. The summed E-state index contributed by atoms with van der Waals surface area (Å²) in [5.74, 6) is 1.00. The molecule has 0 saturated carbocycles. The maximum Gasteiger partial charge on any atom is 0.252 e. The van der Waals surface area contributed by atoms with Gasteiger partial charge in [-0.15, -0.1) is 10.2 Å². The van der Waals surface area contributed by atoms with E-state index >= 15 is 0 Å². The van der Waals surface area contributed by atoms with Crippen LogP contribution in [0.25, 0.3) is 11.1 Å². The minimum Gasteiger partial charge on any atom is -0.356 e. The molecule has 1 aromatic heterocycles. The zero-order chi connectivity index (χ0) is 21.5. The molecule has 7 heteroatoms. The van der Waals surface area contributed by atoms with Gasteiger partial charge in [-0.25, -0.2) is 0 Å². The molecule has 1 atom stereocenters. The molecule has 3 rings (SSSR count). The van der Waals surface area contributed by atoms with E-state index in [2.05, 4.69) is 59.1 Å². The quantitative estimate of drug-likeness (QED) is 0.472. The fourth-order valence-corrected chi connectivity index (χ4v) is 4.39. The van der Waals surface area contributed by atoms with E-state index in [0.717, 1.165) is 44.6 Å². The number of aromatic nitrogens is 2. The largest absolute Gasteiger partial charge is 0.356 e. The van der Waals surface area contributed by atoms with Gasteiger partial charge in [-0.3, -0.25) is 4.79 Å². The predicted molar refractivity (Wildman–Crippen MR) is 129 cm³/mol. The average Bonchev–Trinajstić information content (AvgIpc) is 3.16. The van der Waals surface area contributed by atoms with Gasteiger partial charge in [-0.2, -0.15) is 11.8 Å². The van der Waals surface area contributed by atoms with Crippen molar-refractivity contribution in [3.63, 3.8) is 0 Å². The zero-order valence-corrected chi connectivity index (χ0v) is 19.5. The Labute approximate surface area is 186 Å². The van der Waals surface area contributed by atoms with Crippen molar-refractivity contribution in [1.82, 2.24) is 15.5 Å². The second kappa shape index (κ2) is 10.6. The summed E-state index contributed by atoms with van der Waals surface area (Å²) in [6.07, 6.45) is 3.04. The number of nitrogens with zero attached hydrogens (tertiary/aromatic N) is 2. The number of aryl methyl sites for hydroxylation is 2. The van der Waals surface area contributed by atoms with Crippen molar-refractivity contribution < 1.29 is 4.79 Å². The summed E-state index contributed by atoms with van der Waals surface area (Å²) in [6, 6.07) is 14.4. The molecule has 0 radical (unpaired) electrons. The van der Waals surface area contributed by atoms with Gasteiger partial charge in [0, 0.05) is 18.2 Å². The van der Waals surface area contributed by atoms with E-state index in [1.165, 1.54) is 11.3 Å². The number of nitrogens with one attached hydrogen (secondary N) is 2. The number of carbonyl (C=O) groups is 1. The fourth-order valence-electron chi connectivity index (χ4n) is 3.21. The van der Waals surface area contributed by atoms with Crippen LogP contribution in [0, 0.1) is 13.8 Å². The third kappa shape index (κ3) is 5.83. The summed E-state index contributed by atoms with van der Waals surface area (Å²) in [5.41, 5.74) is 4.97. The van der Waals surface area contributed by atoms with E-state index in [0.29, 0.717) is 12.1 Å². The Morgan fingerprint density at radius 3 is 2.63 bits per heavy atom. The lowest BCUT2D eigenvalue weighted by atomic mass is 9.93. The first-order valence-corrected chi connectivity index (χ1v) is 12.2. The van der Waals surface area contributed by atoms with Gasteiger partial charge in [0.25, 0.3) is 5.91 Å². The van der Waals surface area contributed by atoms with Crippen LogP contribution < -0.4 is 10.6 Å². The highest BCUT2D eigenvalue weighted by Crippen LogP contribution is 2.29. The third-order valence-electron chi connectivity index (χ3n) is 4.87. The summed E-state index contributed by atoms with van der Waals surface area (Å²) in [4.78, 5) is 13.1. The smallest absolute Gasteiger partial charge is 0.252 e. The Hall–Kier alpha value is -2.38. The Morgan fingerprint density at radius 1 is 1.13 bits per heavy atom. The van der Waals surface area contributed by atoms with Crippen LogP contribution >= 0.6 is 23.1 Å². The molecule has 0 spiro atoms. The van der Waals surface area contributed by atoms with Crippen molar-refractivity contribution >= 4 is 34.1 Å². The molecule has 1 heterocycles. The number of thioether (sulfide) groups is 1. The first kappa shape index (κ1) is 22.3. The summed E-state index contributed by atoms with van der Waals surface area (Å²) in [5, 5.41) is 16.4. The zero-order valence-electron chi connectivity index (χ0n) is 17.9. The van der Waals surface area contributed by atoms with Crippen LogP contribution in [0.15, 0.2) is 42.5 Å². The van der Waals surface area contributed by atoms with Crippen molar-refractivity contribution in [3.8, 4) is 11.1 Å². The van der Waals surface area contributed by atoms with E-state index in [4.69, 9.17) is 0 Å². The molecule has 0 fully saturated rings. The van der Waals surface area contributed by atoms with E-state index in [1.807, 2.05) is 31.2 Å². The normalized spacial score (nSPS) is 11.9. The molecule has 3 aromatic rings. The molecule has 1 amide bonds. The highest BCUT2D eigenvalue weighted by Gasteiger charge is 2.17. The van der Waals surface area contributed by atoms with Gasteiger partial charge in [0.05, 0.1) is 0 Å². The van der Waals surface area contributed by atoms with Crippen molar-refractivity contribution in [1.29, 1.82) is 0 Å². The van der Waals surface area contributed by atoms with Crippen LogP contribution in [0.1, 0.15) is 39.8 Å². The molecule has 0 saturated heterocycles. The Kier molecular flexibility index (Phi) is 7.87. The first-order valence-electron chi connectivity index (χ1n) is 10.0. The minimum atomic E-state index is -0.0267. The molecule has 2 aromatic carbocycles. The number of rotatable bonds is 9. The van der Waals surface area contributed by atoms with E-state index < -0.39 is 0 Å². The Morgan fingerprint density at radius 2 is 1.93 bits per heavy atom. The first-order chi connectivity index (χ1) is 14.5. The van der Waals surface area contributed by atoms with Crippen LogP contribution in [-0.4, -0.2) is 34.2 Å². The van der Waals surface area contributed by atoms with Crippen molar-refractivity contribution in [2.75, 3.05) is 17.3 Å². The number of carbonyl (C=O) groups excluding carboxylic acids is 1. The molecule has 30 heavy (non-hydrogen) atoms. The summed E-state index contributed by atoms with van der Waals surface area (Å²) in [7, 11) is 0. The number of hydrogen-bond donors (Lipinski definition) is 2. The molecule has 0 aliphatic carbocycles. The van der Waals surface area contributed by atoms with Crippen LogP contribution in [0.5, 0.6) is 0 Å². The van der Waals surface area contributed by atoms with E-state index in [1.54, 1.807) is 11.8 Å². The van der Waals surface area contributed by atoms with Crippen LogP contribution in [0.3, 0.4) is 0 Å². The predicted octanol–water partition coefficient (Wildman–Crippen LogP) is 5.31. The second-order valence-corrected chi connectivity index (χ2v) is 9.50. The average molecular weight is 441 g/mol. The van der Waals surface area contributed by atoms with E-state index in [9.17, 15) is 4.79 Å². The monoisotopic (exact) mass is 440 g/mol. The fraction of sp³-hybridized carbons (Fsp3) is 0.348.